The number of allylic oxidation sites excluding steroid dienone is 1. The summed E-state index contributed by atoms with van der Waals surface area (Å²) >= 11 is 0. The lowest BCUT2D eigenvalue weighted by Crippen LogP contribution is -2.51. The second kappa shape index (κ2) is 7.20. The van der Waals surface area contributed by atoms with E-state index in [4.69, 9.17) is 5.73 Å². The van der Waals surface area contributed by atoms with E-state index in [9.17, 15) is 22.8 Å². The van der Waals surface area contributed by atoms with Gasteiger partial charge in [0.25, 0.3) is 0 Å². The Morgan fingerprint density at radius 2 is 2.12 bits per heavy atom. The van der Waals surface area contributed by atoms with E-state index in [0.29, 0.717) is 23.1 Å². The Hall–Kier alpha value is -2.82. The standard InChI is InChI=1S/C15H19F3N6O2/c1-14(13(19)26)11-9(4-6-22-12(11)24(2)23-14)20-7-8-21-10(25)3-5-15(16,17)18/h3-6,23H,7-8H2,1-2H3,(H2,19,26)(H,20,22)(H,21,25)/b5-3+. The fourth-order valence-electron chi connectivity index (χ4n) is 2.58. The van der Waals surface area contributed by atoms with Gasteiger partial charge in [-0.25, -0.2) is 10.4 Å². The maximum atomic E-state index is 12.0. The third-order valence-corrected chi connectivity index (χ3v) is 3.80. The second-order valence-corrected chi connectivity index (χ2v) is 5.81. The van der Waals surface area contributed by atoms with Crippen LogP contribution in [0, 0.1) is 0 Å². The van der Waals surface area contributed by atoms with E-state index < -0.39 is 23.5 Å². The molecule has 1 atom stereocenters. The summed E-state index contributed by atoms with van der Waals surface area (Å²) in [5, 5.41) is 6.93. The Morgan fingerprint density at radius 1 is 1.42 bits per heavy atom. The number of nitrogens with zero attached hydrogens (tertiary/aromatic N) is 2. The van der Waals surface area contributed by atoms with E-state index >= 15 is 0 Å². The highest BCUT2D eigenvalue weighted by atomic mass is 19.4. The number of fused-ring (bicyclic) bond motifs is 1. The molecule has 0 saturated heterocycles. The first kappa shape index (κ1) is 19.5. The molecule has 2 heterocycles. The lowest BCUT2D eigenvalue weighted by atomic mass is 9.92. The molecule has 0 spiro atoms. The molecule has 0 aliphatic carbocycles. The summed E-state index contributed by atoms with van der Waals surface area (Å²) in [5.74, 6) is -0.925. The number of anilines is 2. The molecule has 142 valence electrons. The van der Waals surface area contributed by atoms with Gasteiger partial charge in [0.2, 0.25) is 11.8 Å². The van der Waals surface area contributed by atoms with Gasteiger partial charge < -0.3 is 16.4 Å². The number of hydrogen-bond donors (Lipinski definition) is 4. The summed E-state index contributed by atoms with van der Waals surface area (Å²) in [6.07, 6.45) is -2.71. The van der Waals surface area contributed by atoms with Crippen molar-refractivity contribution in [2.75, 3.05) is 30.5 Å². The third-order valence-electron chi connectivity index (χ3n) is 3.80. The molecule has 1 aliphatic heterocycles. The highest BCUT2D eigenvalue weighted by molar-refractivity contribution is 5.92. The SMILES string of the molecule is CN1NC(C)(C(N)=O)c2c(NCCNC(=O)/C=C/C(F)(F)F)ccnc21. The average Bonchev–Trinajstić information content (AvgIpc) is 2.82. The molecule has 2 rings (SSSR count). The first-order valence-corrected chi connectivity index (χ1v) is 7.63. The van der Waals surface area contributed by atoms with Crippen LogP contribution >= 0.6 is 0 Å². The van der Waals surface area contributed by atoms with E-state index in [1.54, 1.807) is 25.0 Å². The summed E-state index contributed by atoms with van der Waals surface area (Å²) < 4.78 is 36.0. The van der Waals surface area contributed by atoms with Crippen LogP contribution in [0.25, 0.3) is 0 Å². The quantitative estimate of drug-likeness (QED) is 0.424. The molecular weight excluding hydrogens is 353 g/mol. The number of primary amides is 1. The number of rotatable bonds is 6. The highest BCUT2D eigenvalue weighted by Gasteiger charge is 2.45. The number of hydrazine groups is 1. The monoisotopic (exact) mass is 372 g/mol. The number of halogens is 3. The molecule has 0 aromatic carbocycles. The topological polar surface area (TPSA) is 112 Å². The first-order chi connectivity index (χ1) is 12.0. The van der Waals surface area contributed by atoms with Gasteiger partial charge in [-0.2, -0.15) is 13.2 Å². The second-order valence-electron chi connectivity index (χ2n) is 5.81. The smallest absolute Gasteiger partial charge is 0.383 e. The van der Waals surface area contributed by atoms with Crippen LogP contribution in [0.3, 0.4) is 0 Å². The zero-order valence-corrected chi connectivity index (χ0v) is 14.1. The number of nitrogens with two attached hydrogens (primary N) is 1. The Kier molecular flexibility index (Phi) is 5.40. The minimum absolute atomic E-state index is 0.0781. The Labute approximate surface area is 147 Å². The van der Waals surface area contributed by atoms with E-state index in [0.717, 1.165) is 0 Å². The molecule has 26 heavy (non-hydrogen) atoms. The Morgan fingerprint density at radius 3 is 2.73 bits per heavy atom. The third kappa shape index (κ3) is 4.23. The van der Waals surface area contributed by atoms with E-state index in [-0.39, 0.29) is 19.2 Å². The maximum absolute atomic E-state index is 12.0. The van der Waals surface area contributed by atoms with Gasteiger partial charge >= 0.3 is 6.18 Å². The Balaban J connectivity index is 2.01. The number of nitrogens with one attached hydrogen (secondary N) is 3. The lowest BCUT2D eigenvalue weighted by Gasteiger charge is -2.23. The van der Waals surface area contributed by atoms with Crippen LogP contribution in [-0.2, 0) is 15.1 Å². The fraction of sp³-hybridized carbons (Fsp3) is 0.400. The molecule has 0 bridgehead atoms. The number of hydrogen-bond acceptors (Lipinski definition) is 6. The molecule has 0 saturated carbocycles. The molecule has 1 aromatic rings. The largest absolute Gasteiger partial charge is 0.409 e. The van der Waals surface area contributed by atoms with Gasteiger partial charge in [-0.05, 0) is 13.0 Å². The van der Waals surface area contributed by atoms with Crippen molar-refractivity contribution in [1.82, 2.24) is 15.7 Å². The van der Waals surface area contributed by atoms with Crippen molar-refractivity contribution in [3.63, 3.8) is 0 Å². The van der Waals surface area contributed by atoms with Crippen molar-refractivity contribution in [3.8, 4) is 0 Å². The van der Waals surface area contributed by atoms with Crippen LogP contribution in [0.2, 0.25) is 0 Å². The lowest BCUT2D eigenvalue weighted by molar-refractivity contribution is -0.123. The van der Waals surface area contributed by atoms with E-state index in [2.05, 4.69) is 21.0 Å². The number of carbonyl (C=O) groups is 2. The molecule has 1 aromatic heterocycles. The van der Waals surface area contributed by atoms with Crippen molar-refractivity contribution in [2.45, 2.75) is 18.6 Å². The Bertz CT molecular complexity index is 737. The molecule has 2 amide bonds. The molecule has 0 fully saturated rings. The van der Waals surface area contributed by atoms with Gasteiger partial charge in [-0.3, -0.25) is 14.6 Å². The minimum atomic E-state index is -4.54. The van der Waals surface area contributed by atoms with Crippen LogP contribution in [0.5, 0.6) is 0 Å². The molecule has 1 aliphatic rings. The van der Waals surface area contributed by atoms with Crippen LogP contribution in [0.4, 0.5) is 24.7 Å². The summed E-state index contributed by atoms with van der Waals surface area (Å²) in [5.41, 5.74) is 8.41. The molecule has 0 radical (unpaired) electrons. The fourth-order valence-corrected chi connectivity index (χ4v) is 2.58. The van der Waals surface area contributed by atoms with Crippen LogP contribution < -0.4 is 26.8 Å². The van der Waals surface area contributed by atoms with Gasteiger partial charge in [-0.1, -0.05) is 0 Å². The van der Waals surface area contributed by atoms with Crippen molar-refractivity contribution in [2.24, 2.45) is 5.73 Å². The normalized spacial score (nSPS) is 19.5. The summed E-state index contributed by atoms with van der Waals surface area (Å²) in [4.78, 5) is 27.4. The summed E-state index contributed by atoms with van der Waals surface area (Å²) in [6.45, 7) is 1.92. The molecular formula is C15H19F3N6O2. The van der Waals surface area contributed by atoms with Gasteiger partial charge in [0.05, 0.1) is 5.56 Å². The van der Waals surface area contributed by atoms with Crippen molar-refractivity contribution < 1.29 is 22.8 Å². The maximum Gasteiger partial charge on any atom is 0.409 e. The van der Waals surface area contributed by atoms with Gasteiger partial charge in [-0.15, -0.1) is 0 Å². The molecule has 1 unspecified atom stereocenters. The number of alkyl halides is 3. The van der Waals surface area contributed by atoms with Crippen LogP contribution in [0.1, 0.15) is 12.5 Å². The predicted octanol–water partition coefficient (Wildman–Crippen LogP) is 0.383. The van der Waals surface area contributed by atoms with Gasteiger partial charge in [0, 0.05) is 44.2 Å². The van der Waals surface area contributed by atoms with Crippen LogP contribution in [0.15, 0.2) is 24.4 Å². The van der Waals surface area contributed by atoms with Crippen molar-refractivity contribution in [3.05, 3.63) is 30.0 Å². The molecule has 5 N–H and O–H groups in total. The van der Waals surface area contributed by atoms with Gasteiger partial charge in [0.15, 0.2) is 0 Å². The van der Waals surface area contributed by atoms with Crippen molar-refractivity contribution in [1.29, 1.82) is 0 Å². The zero-order valence-electron chi connectivity index (χ0n) is 14.1. The number of aromatic nitrogens is 1. The highest BCUT2D eigenvalue weighted by Crippen LogP contribution is 2.39. The number of pyridine rings is 1. The molecule has 11 heteroatoms. The van der Waals surface area contributed by atoms with Crippen molar-refractivity contribution >= 4 is 23.3 Å². The zero-order chi connectivity index (χ0) is 19.5. The summed E-state index contributed by atoms with van der Waals surface area (Å²) in [6, 6.07) is 1.65. The van der Waals surface area contributed by atoms with Gasteiger partial charge in [0.1, 0.15) is 11.4 Å². The predicted molar refractivity (Wildman–Crippen MR) is 89.0 cm³/mol. The minimum Gasteiger partial charge on any atom is -0.383 e. The number of amides is 2. The number of carbonyl (C=O) groups excluding carboxylic acids is 2. The van der Waals surface area contributed by atoms with Crippen LogP contribution in [-0.4, -0.2) is 43.1 Å². The van der Waals surface area contributed by atoms with E-state index in [1.165, 1.54) is 6.20 Å². The average molecular weight is 372 g/mol. The van der Waals surface area contributed by atoms with E-state index in [1.807, 2.05) is 0 Å². The summed E-state index contributed by atoms with van der Waals surface area (Å²) in [7, 11) is 1.69. The molecule has 8 nitrogen and oxygen atoms in total. The first-order valence-electron chi connectivity index (χ1n) is 7.63.